The lowest BCUT2D eigenvalue weighted by molar-refractivity contribution is 0.0787. The van der Waals surface area contributed by atoms with Gasteiger partial charge in [-0.05, 0) is 27.2 Å². The molecule has 1 heterocycles. The zero-order valence-electron chi connectivity index (χ0n) is 15.2. The van der Waals surface area contributed by atoms with Crippen molar-refractivity contribution in [2.45, 2.75) is 33.3 Å². The molecule has 0 atom stereocenters. The topological polar surface area (TPSA) is 88.2 Å². The van der Waals surface area contributed by atoms with Gasteiger partial charge in [0.05, 0.1) is 12.7 Å². The lowest BCUT2D eigenvalue weighted by atomic mass is 10.1. The number of amides is 1. The molecule has 0 radical (unpaired) electrons. The van der Waals surface area contributed by atoms with Crippen LogP contribution in [-0.4, -0.2) is 63.0 Å². The van der Waals surface area contributed by atoms with Gasteiger partial charge in [-0.1, -0.05) is 0 Å². The molecule has 1 aliphatic heterocycles. The molecule has 2 rings (SSSR count). The Morgan fingerprint density at radius 2 is 1.84 bits per heavy atom. The number of nitrogens with one attached hydrogen (secondary N) is 1. The third-order valence-corrected chi connectivity index (χ3v) is 4.08. The molecule has 0 aliphatic carbocycles. The third kappa shape index (κ3) is 4.72. The number of hydrogen-bond donors (Lipinski definition) is 1. The molecule has 1 aromatic rings. The first-order valence-corrected chi connectivity index (χ1v) is 8.81. The first-order valence-electron chi connectivity index (χ1n) is 8.81. The predicted octanol–water partition coefficient (Wildman–Crippen LogP) is 0.788. The van der Waals surface area contributed by atoms with Crippen molar-refractivity contribution < 1.29 is 14.3 Å². The number of ether oxygens (including phenoxy) is 2. The minimum Gasteiger partial charge on any atom is -0.450 e. The highest BCUT2D eigenvalue weighted by molar-refractivity contribution is 5.76. The summed E-state index contributed by atoms with van der Waals surface area (Å²) in [6.45, 7) is 9.19. The van der Waals surface area contributed by atoms with Crippen molar-refractivity contribution in [3.05, 3.63) is 20.4 Å². The molecule has 8 nitrogen and oxygen atoms in total. The predicted molar refractivity (Wildman–Crippen MR) is 96.4 cm³/mol. The largest absolute Gasteiger partial charge is 0.450 e. The van der Waals surface area contributed by atoms with Gasteiger partial charge in [0.1, 0.15) is 11.4 Å². The van der Waals surface area contributed by atoms with E-state index in [9.17, 15) is 14.4 Å². The van der Waals surface area contributed by atoms with E-state index in [1.165, 1.54) is 0 Å². The monoisotopic (exact) mass is 353 g/mol. The van der Waals surface area contributed by atoms with E-state index in [0.29, 0.717) is 57.3 Å². The number of piperazine rings is 1. The number of carbonyl (C=O) groups is 1. The fourth-order valence-electron chi connectivity index (χ4n) is 2.78. The van der Waals surface area contributed by atoms with E-state index >= 15 is 0 Å². The zero-order valence-corrected chi connectivity index (χ0v) is 15.2. The van der Waals surface area contributed by atoms with Crippen LogP contribution in [0.3, 0.4) is 0 Å². The summed E-state index contributed by atoms with van der Waals surface area (Å²) in [5.74, 6) is 0. The molecule has 0 unspecified atom stereocenters. The van der Waals surface area contributed by atoms with Crippen LogP contribution < -0.4 is 21.1 Å². The van der Waals surface area contributed by atoms with E-state index in [1.54, 1.807) is 11.8 Å². The van der Waals surface area contributed by atoms with Gasteiger partial charge in [0.15, 0.2) is 0 Å². The summed E-state index contributed by atoms with van der Waals surface area (Å²) < 4.78 is 10.4. The van der Waals surface area contributed by atoms with Crippen LogP contribution in [0.2, 0.25) is 0 Å². The van der Waals surface area contributed by atoms with E-state index in [4.69, 9.17) is 9.47 Å². The fraction of sp³-hybridized carbons (Fsp3) is 0.706. The summed E-state index contributed by atoms with van der Waals surface area (Å²) in [6.07, 6.45) is 0.598. The minimum absolute atomic E-state index is 0.178. The third-order valence-electron chi connectivity index (χ3n) is 4.08. The first kappa shape index (κ1) is 19.2. The zero-order chi connectivity index (χ0) is 18.4. The minimum atomic E-state index is -0.465. The number of carbonyl (C=O) groups excluding carboxylic acids is 1. The highest BCUT2D eigenvalue weighted by Gasteiger charge is 2.29. The van der Waals surface area contributed by atoms with Crippen molar-refractivity contribution in [1.29, 1.82) is 0 Å². The van der Waals surface area contributed by atoms with Crippen LogP contribution in [-0.2, 0) is 9.47 Å². The average molecular weight is 353 g/mol. The summed E-state index contributed by atoms with van der Waals surface area (Å²) in [6, 6.07) is 0. The van der Waals surface area contributed by atoms with Crippen molar-refractivity contribution in [2.75, 3.05) is 56.2 Å². The summed E-state index contributed by atoms with van der Waals surface area (Å²) >= 11 is 0. The molecular formula is C17H27N3O5. The molecule has 1 fully saturated rings. The summed E-state index contributed by atoms with van der Waals surface area (Å²) in [5, 5.41) is 3.06. The van der Waals surface area contributed by atoms with Gasteiger partial charge in [0.25, 0.3) is 10.9 Å². The SMILES string of the molecule is CCOC(=O)N1CCN(c2c(NCCCOC(C)C)c(=O)c2=O)CC1. The van der Waals surface area contributed by atoms with Gasteiger partial charge in [-0.25, -0.2) is 4.79 Å². The molecule has 0 bridgehead atoms. The Morgan fingerprint density at radius 1 is 1.16 bits per heavy atom. The lowest BCUT2D eigenvalue weighted by Crippen LogP contribution is -2.53. The second-order valence-electron chi connectivity index (χ2n) is 6.25. The van der Waals surface area contributed by atoms with Crippen molar-refractivity contribution in [3.8, 4) is 0 Å². The Balaban J connectivity index is 1.87. The molecule has 8 heteroatoms. The van der Waals surface area contributed by atoms with Crippen LogP contribution in [0.1, 0.15) is 27.2 Å². The van der Waals surface area contributed by atoms with Gasteiger partial charge in [0, 0.05) is 39.3 Å². The van der Waals surface area contributed by atoms with E-state index in [0.717, 1.165) is 6.42 Å². The number of nitrogens with zero attached hydrogens (tertiary/aromatic N) is 2. The van der Waals surface area contributed by atoms with Crippen LogP contribution in [0, 0.1) is 0 Å². The van der Waals surface area contributed by atoms with E-state index in [-0.39, 0.29) is 12.2 Å². The van der Waals surface area contributed by atoms with Gasteiger partial charge >= 0.3 is 6.09 Å². The van der Waals surface area contributed by atoms with Crippen molar-refractivity contribution >= 4 is 17.5 Å². The van der Waals surface area contributed by atoms with Crippen LogP contribution in [0.25, 0.3) is 0 Å². The average Bonchev–Trinajstić information content (AvgIpc) is 2.60. The molecule has 1 aliphatic rings. The van der Waals surface area contributed by atoms with Crippen LogP contribution in [0.5, 0.6) is 0 Å². The smallest absolute Gasteiger partial charge is 0.409 e. The fourth-order valence-corrected chi connectivity index (χ4v) is 2.78. The molecule has 140 valence electrons. The number of anilines is 2. The molecule has 1 aromatic carbocycles. The maximum atomic E-state index is 11.9. The van der Waals surface area contributed by atoms with E-state index in [2.05, 4.69) is 5.32 Å². The number of hydrogen-bond acceptors (Lipinski definition) is 7. The maximum Gasteiger partial charge on any atom is 0.409 e. The molecule has 1 saturated heterocycles. The van der Waals surface area contributed by atoms with Crippen LogP contribution >= 0.6 is 0 Å². The van der Waals surface area contributed by atoms with Crippen LogP contribution in [0.15, 0.2) is 9.59 Å². The standard InChI is InChI=1S/C17H27N3O5/c1-4-24-17(23)20-9-7-19(8-10-20)14-13(15(21)16(14)22)18-6-5-11-25-12(2)3/h12,18H,4-11H2,1-3H3. The molecule has 1 N–H and O–H groups in total. The van der Waals surface area contributed by atoms with Crippen LogP contribution in [0.4, 0.5) is 16.2 Å². The molecular weight excluding hydrogens is 326 g/mol. The summed E-state index contributed by atoms with van der Waals surface area (Å²) in [7, 11) is 0. The van der Waals surface area contributed by atoms with Crippen molar-refractivity contribution in [3.63, 3.8) is 0 Å². The Bertz CT molecular complexity index is 643. The van der Waals surface area contributed by atoms with Gasteiger partial charge in [-0.2, -0.15) is 0 Å². The molecule has 0 spiro atoms. The second kappa shape index (κ2) is 8.84. The number of rotatable bonds is 8. The van der Waals surface area contributed by atoms with E-state index < -0.39 is 10.9 Å². The first-order chi connectivity index (χ1) is 12.0. The second-order valence-corrected chi connectivity index (χ2v) is 6.25. The van der Waals surface area contributed by atoms with Gasteiger partial charge in [0.2, 0.25) is 0 Å². The molecule has 1 amide bonds. The highest BCUT2D eigenvalue weighted by atomic mass is 16.6. The molecule has 25 heavy (non-hydrogen) atoms. The Hall–Kier alpha value is -2.09. The van der Waals surface area contributed by atoms with Gasteiger partial charge in [-0.3, -0.25) is 9.59 Å². The Kier molecular flexibility index (Phi) is 6.81. The highest BCUT2D eigenvalue weighted by Crippen LogP contribution is 2.21. The normalized spacial score (nSPS) is 15.0. The van der Waals surface area contributed by atoms with Crippen molar-refractivity contribution in [2.24, 2.45) is 0 Å². The quantitative estimate of drug-likeness (QED) is 0.546. The lowest BCUT2D eigenvalue weighted by Gasteiger charge is -2.36. The Morgan fingerprint density at radius 3 is 2.44 bits per heavy atom. The molecule has 0 aromatic heterocycles. The summed E-state index contributed by atoms with van der Waals surface area (Å²) in [5.41, 5.74) is -0.0875. The maximum absolute atomic E-state index is 11.9. The van der Waals surface area contributed by atoms with Gasteiger partial charge < -0.3 is 24.6 Å². The van der Waals surface area contributed by atoms with Gasteiger partial charge in [-0.15, -0.1) is 0 Å². The summed E-state index contributed by atoms with van der Waals surface area (Å²) in [4.78, 5) is 39.0. The van der Waals surface area contributed by atoms with Crippen molar-refractivity contribution in [1.82, 2.24) is 4.90 Å². The molecule has 0 saturated carbocycles. The van der Waals surface area contributed by atoms with E-state index in [1.807, 2.05) is 18.7 Å². The Labute approximate surface area is 147 Å².